The molecule has 0 unspecified atom stereocenters. The Kier molecular flexibility index (Phi) is 7.95. The molecule has 0 aliphatic rings. The second kappa shape index (κ2) is 10.4. The van der Waals surface area contributed by atoms with Crippen LogP contribution in [0.15, 0.2) is 42.5 Å². The Balaban J connectivity index is 1.79. The van der Waals surface area contributed by atoms with Crippen LogP contribution in [0.5, 0.6) is 17.2 Å². The number of halogens is 1. The van der Waals surface area contributed by atoms with Crippen LogP contribution in [0, 0.1) is 0 Å². The summed E-state index contributed by atoms with van der Waals surface area (Å²) in [6, 6.07) is 12.0. The molecule has 6 nitrogen and oxygen atoms in total. The third-order valence-electron chi connectivity index (χ3n) is 3.67. The van der Waals surface area contributed by atoms with Crippen molar-refractivity contribution in [2.24, 2.45) is 0 Å². The van der Waals surface area contributed by atoms with Crippen LogP contribution in [-0.4, -0.2) is 38.6 Å². The second-order valence-electron chi connectivity index (χ2n) is 5.56. The molecule has 0 saturated carbocycles. The Hall–Kier alpha value is -2.73. The third-order valence-corrected chi connectivity index (χ3v) is 3.91. The highest BCUT2D eigenvalue weighted by Crippen LogP contribution is 2.25. The molecule has 2 aromatic rings. The highest BCUT2D eigenvalue weighted by atomic mass is 35.5. The standard InChI is InChI=1S/C20H22ClNO5/c1-3-16(23)15-12-14(21)8-9-17(15)27-13-20(24)22-10-11-26-19-7-5-4-6-18(19)25-2/h4-9,12H,3,10-11,13H2,1-2H3,(H,22,24). The maximum atomic E-state index is 12.0. The molecule has 0 spiro atoms. The van der Waals surface area contributed by atoms with Crippen molar-refractivity contribution in [3.63, 3.8) is 0 Å². The van der Waals surface area contributed by atoms with Gasteiger partial charge in [0.1, 0.15) is 12.4 Å². The summed E-state index contributed by atoms with van der Waals surface area (Å²) < 4.78 is 16.2. The van der Waals surface area contributed by atoms with Gasteiger partial charge in [-0.2, -0.15) is 0 Å². The maximum absolute atomic E-state index is 12.0. The second-order valence-corrected chi connectivity index (χ2v) is 5.99. The molecule has 144 valence electrons. The first-order valence-electron chi connectivity index (χ1n) is 8.53. The lowest BCUT2D eigenvalue weighted by atomic mass is 10.1. The van der Waals surface area contributed by atoms with Crippen molar-refractivity contribution < 1.29 is 23.8 Å². The molecule has 0 aliphatic carbocycles. The summed E-state index contributed by atoms with van der Waals surface area (Å²) in [6.07, 6.45) is 0.323. The van der Waals surface area contributed by atoms with Gasteiger partial charge in [0.2, 0.25) is 0 Å². The average Bonchev–Trinajstić information content (AvgIpc) is 2.69. The van der Waals surface area contributed by atoms with Crippen molar-refractivity contribution in [2.45, 2.75) is 13.3 Å². The highest BCUT2D eigenvalue weighted by molar-refractivity contribution is 6.31. The van der Waals surface area contributed by atoms with Crippen LogP contribution in [0.2, 0.25) is 5.02 Å². The van der Waals surface area contributed by atoms with Crippen LogP contribution in [0.25, 0.3) is 0 Å². The molecule has 0 fully saturated rings. The van der Waals surface area contributed by atoms with E-state index in [1.165, 1.54) is 0 Å². The summed E-state index contributed by atoms with van der Waals surface area (Å²) in [5, 5.41) is 3.14. The first-order valence-corrected chi connectivity index (χ1v) is 8.91. The van der Waals surface area contributed by atoms with Gasteiger partial charge in [-0.1, -0.05) is 30.7 Å². The fraction of sp³-hybridized carbons (Fsp3) is 0.300. The zero-order chi connectivity index (χ0) is 19.6. The molecular weight excluding hydrogens is 370 g/mol. The molecule has 1 amide bonds. The maximum Gasteiger partial charge on any atom is 0.258 e. The van der Waals surface area contributed by atoms with Crippen molar-refractivity contribution >= 4 is 23.3 Å². The smallest absolute Gasteiger partial charge is 0.258 e. The molecular formula is C20H22ClNO5. The number of para-hydroxylation sites is 2. The molecule has 0 aliphatic heterocycles. The fourth-order valence-electron chi connectivity index (χ4n) is 2.32. The van der Waals surface area contributed by atoms with Gasteiger partial charge in [-0.05, 0) is 30.3 Å². The molecule has 0 aromatic heterocycles. The van der Waals surface area contributed by atoms with Crippen LogP contribution in [-0.2, 0) is 4.79 Å². The lowest BCUT2D eigenvalue weighted by Crippen LogP contribution is -2.32. The molecule has 0 atom stereocenters. The Morgan fingerprint density at radius 2 is 1.78 bits per heavy atom. The van der Waals surface area contributed by atoms with Crippen molar-refractivity contribution in [1.82, 2.24) is 5.32 Å². The van der Waals surface area contributed by atoms with E-state index in [1.807, 2.05) is 12.1 Å². The Bertz CT molecular complexity index is 794. The van der Waals surface area contributed by atoms with Crippen molar-refractivity contribution in [1.29, 1.82) is 0 Å². The average molecular weight is 392 g/mol. The van der Waals surface area contributed by atoms with Gasteiger partial charge in [-0.3, -0.25) is 9.59 Å². The van der Waals surface area contributed by atoms with E-state index in [0.717, 1.165) is 0 Å². The van der Waals surface area contributed by atoms with Gasteiger partial charge >= 0.3 is 0 Å². The van der Waals surface area contributed by atoms with Crippen molar-refractivity contribution in [3.8, 4) is 17.2 Å². The molecule has 2 aromatic carbocycles. The summed E-state index contributed by atoms with van der Waals surface area (Å²) in [5.41, 5.74) is 0.373. The van der Waals surface area contributed by atoms with Crippen LogP contribution < -0.4 is 19.5 Å². The largest absolute Gasteiger partial charge is 0.493 e. The van der Waals surface area contributed by atoms with E-state index in [2.05, 4.69) is 5.32 Å². The summed E-state index contributed by atoms with van der Waals surface area (Å²) in [7, 11) is 1.57. The number of Topliss-reactive ketones (excluding diaryl/α,β-unsaturated/α-hetero) is 1. The summed E-state index contributed by atoms with van der Waals surface area (Å²) in [4.78, 5) is 23.9. The van der Waals surface area contributed by atoms with E-state index in [1.54, 1.807) is 44.4 Å². The fourth-order valence-corrected chi connectivity index (χ4v) is 2.49. The van der Waals surface area contributed by atoms with E-state index in [9.17, 15) is 9.59 Å². The zero-order valence-electron chi connectivity index (χ0n) is 15.3. The van der Waals surface area contributed by atoms with Gasteiger partial charge in [0, 0.05) is 11.4 Å². The van der Waals surface area contributed by atoms with E-state index >= 15 is 0 Å². The number of ether oxygens (including phenoxy) is 3. The molecule has 0 radical (unpaired) electrons. The molecule has 1 N–H and O–H groups in total. The number of methoxy groups -OCH3 is 1. The summed E-state index contributed by atoms with van der Waals surface area (Å²) >= 11 is 5.93. The lowest BCUT2D eigenvalue weighted by molar-refractivity contribution is -0.123. The molecule has 0 saturated heterocycles. The minimum absolute atomic E-state index is 0.0990. The van der Waals surface area contributed by atoms with Crippen molar-refractivity contribution in [2.75, 3.05) is 26.9 Å². The number of nitrogens with one attached hydrogen (secondary N) is 1. The van der Waals surface area contributed by atoms with Crippen molar-refractivity contribution in [3.05, 3.63) is 53.1 Å². The number of ketones is 1. The van der Waals surface area contributed by atoms with Crippen LogP contribution in [0.4, 0.5) is 0 Å². The van der Waals surface area contributed by atoms with Gasteiger partial charge < -0.3 is 19.5 Å². The van der Waals surface area contributed by atoms with Gasteiger partial charge in [-0.25, -0.2) is 0 Å². The normalized spacial score (nSPS) is 10.2. The van der Waals surface area contributed by atoms with Crippen LogP contribution in [0.1, 0.15) is 23.7 Å². The Labute approximate surface area is 163 Å². The summed E-state index contributed by atoms with van der Waals surface area (Å²) in [5.74, 6) is 1.16. The van der Waals surface area contributed by atoms with E-state index in [-0.39, 0.29) is 24.9 Å². The van der Waals surface area contributed by atoms with E-state index in [4.69, 9.17) is 25.8 Å². The number of rotatable bonds is 10. The van der Waals surface area contributed by atoms with Gasteiger partial charge in [0.15, 0.2) is 23.9 Å². The highest BCUT2D eigenvalue weighted by Gasteiger charge is 2.13. The number of hydrogen-bond acceptors (Lipinski definition) is 5. The SMILES string of the molecule is CCC(=O)c1cc(Cl)ccc1OCC(=O)NCCOc1ccccc1OC. The molecule has 27 heavy (non-hydrogen) atoms. The van der Waals surface area contributed by atoms with Crippen LogP contribution >= 0.6 is 11.6 Å². The van der Waals surface area contributed by atoms with E-state index in [0.29, 0.717) is 40.8 Å². The van der Waals surface area contributed by atoms with Gasteiger partial charge in [-0.15, -0.1) is 0 Å². The van der Waals surface area contributed by atoms with Gasteiger partial charge in [0.25, 0.3) is 5.91 Å². The number of benzene rings is 2. The molecule has 2 rings (SSSR count). The molecule has 7 heteroatoms. The topological polar surface area (TPSA) is 73.9 Å². The predicted molar refractivity (Wildman–Crippen MR) is 103 cm³/mol. The predicted octanol–water partition coefficient (Wildman–Crippen LogP) is 3.52. The lowest BCUT2D eigenvalue weighted by Gasteiger charge is -2.12. The number of carbonyl (C=O) groups is 2. The minimum Gasteiger partial charge on any atom is -0.493 e. The van der Waals surface area contributed by atoms with Crippen LogP contribution in [0.3, 0.4) is 0 Å². The monoisotopic (exact) mass is 391 g/mol. The molecule has 0 heterocycles. The first kappa shape index (κ1) is 20.6. The first-order chi connectivity index (χ1) is 13.0. The Morgan fingerprint density at radius 3 is 2.48 bits per heavy atom. The zero-order valence-corrected chi connectivity index (χ0v) is 16.0. The summed E-state index contributed by atoms with van der Waals surface area (Å²) in [6.45, 7) is 2.13. The number of amides is 1. The van der Waals surface area contributed by atoms with E-state index < -0.39 is 0 Å². The quantitative estimate of drug-likeness (QED) is 0.495. The molecule has 0 bridgehead atoms. The Morgan fingerprint density at radius 1 is 1.04 bits per heavy atom. The minimum atomic E-state index is -0.316. The third kappa shape index (κ3) is 6.18. The number of carbonyl (C=O) groups excluding carboxylic acids is 2. The number of hydrogen-bond donors (Lipinski definition) is 1. The van der Waals surface area contributed by atoms with Gasteiger partial charge in [0.05, 0.1) is 19.2 Å².